The predicted octanol–water partition coefficient (Wildman–Crippen LogP) is 1.50. The molecule has 1 aromatic carbocycles. The van der Waals surface area contributed by atoms with Gasteiger partial charge < -0.3 is 16.2 Å². The predicted molar refractivity (Wildman–Crippen MR) is 60.7 cm³/mol. The van der Waals surface area contributed by atoms with E-state index in [9.17, 15) is 4.79 Å². The first-order valence-corrected chi connectivity index (χ1v) is 5.39. The van der Waals surface area contributed by atoms with Crippen molar-refractivity contribution in [2.45, 2.75) is 12.0 Å². The Morgan fingerprint density at radius 2 is 2.33 bits per heavy atom. The Labute approximate surface area is 95.6 Å². The van der Waals surface area contributed by atoms with E-state index in [2.05, 4.69) is 21.2 Å². The smallest absolute Gasteiger partial charge is 0.328 e. The van der Waals surface area contributed by atoms with Crippen LogP contribution in [0.5, 0.6) is 0 Å². The average molecular weight is 271 g/mol. The Balaban J connectivity index is 2.59. The van der Waals surface area contributed by atoms with Gasteiger partial charge in [-0.3, -0.25) is 0 Å². The number of nitrogens with one attached hydrogen (secondary N) is 1. The molecule has 0 aromatic heterocycles. The van der Waals surface area contributed by atoms with Gasteiger partial charge in [-0.25, -0.2) is 4.79 Å². The maximum absolute atomic E-state index is 11.2. The van der Waals surface area contributed by atoms with Gasteiger partial charge in [0.25, 0.3) is 0 Å². The van der Waals surface area contributed by atoms with Crippen LogP contribution in [0.3, 0.4) is 0 Å². The maximum atomic E-state index is 11.2. The fourth-order valence-electron chi connectivity index (χ4n) is 1.79. The van der Waals surface area contributed by atoms with E-state index in [-0.39, 0.29) is 0 Å². The summed E-state index contributed by atoms with van der Waals surface area (Å²) in [5, 5.41) is 12.3. The number of hydrogen-bond acceptors (Lipinski definition) is 3. The van der Waals surface area contributed by atoms with Crippen molar-refractivity contribution in [2.24, 2.45) is 5.73 Å². The van der Waals surface area contributed by atoms with Gasteiger partial charge in [-0.1, -0.05) is 15.9 Å². The number of aliphatic carboxylic acids is 1. The zero-order valence-electron chi connectivity index (χ0n) is 7.96. The van der Waals surface area contributed by atoms with Crippen molar-refractivity contribution in [3.63, 3.8) is 0 Å². The van der Waals surface area contributed by atoms with Gasteiger partial charge in [-0.15, -0.1) is 0 Å². The molecule has 0 bridgehead atoms. The molecular formula is C10H11BrN2O2. The average Bonchev–Trinajstić information content (AvgIpc) is 2.19. The van der Waals surface area contributed by atoms with E-state index in [1.54, 1.807) is 6.07 Å². The fourth-order valence-corrected chi connectivity index (χ4v) is 2.15. The lowest BCUT2D eigenvalue weighted by molar-refractivity contribution is -0.144. The van der Waals surface area contributed by atoms with Crippen molar-refractivity contribution >= 4 is 27.6 Å². The lowest BCUT2D eigenvalue weighted by atomic mass is 9.84. The van der Waals surface area contributed by atoms with Crippen LogP contribution < -0.4 is 11.1 Å². The van der Waals surface area contributed by atoms with Crippen molar-refractivity contribution in [1.82, 2.24) is 0 Å². The molecule has 1 unspecified atom stereocenters. The molecule has 0 aliphatic carbocycles. The quantitative estimate of drug-likeness (QED) is 0.723. The Morgan fingerprint density at radius 1 is 1.60 bits per heavy atom. The van der Waals surface area contributed by atoms with Crippen LogP contribution >= 0.6 is 15.9 Å². The molecule has 5 heteroatoms. The van der Waals surface area contributed by atoms with Gasteiger partial charge >= 0.3 is 5.97 Å². The number of fused-ring (bicyclic) bond motifs is 1. The molecule has 0 saturated heterocycles. The number of halogens is 1. The summed E-state index contributed by atoms with van der Waals surface area (Å²) >= 11 is 3.31. The van der Waals surface area contributed by atoms with Crippen LogP contribution in [0.4, 0.5) is 5.69 Å². The molecule has 2 rings (SSSR count). The van der Waals surface area contributed by atoms with Crippen LogP contribution in [0.15, 0.2) is 22.7 Å². The van der Waals surface area contributed by atoms with Crippen molar-refractivity contribution in [1.29, 1.82) is 0 Å². The standard InChI is InChI=1S/C10H11BrN2O2/c11-6-1-2-8-7(5-6)10(12,9(14)15)3-4-13-8/h1-2,5,13H,3-4,12H2,(H,14,15). The highest BCUT2D eigenvalue weighted by Gasteiger charge is 2.40. The zero-order valence-corrected chi connectivity index (χ0v) is 9.54. The first kappa shape index (κ1) is 10.4. The Kier molecular flexibility index (Phi) is 2.44. The van der Waals surface area contributed by atoms with Crippen LogP contribution in [-0.2, 0) is 10.3 Å². The highest BCUT2D eigenvalue weighted by Crippen LogP contribution is 2.35. The minimum Gasteiger partial charge on any atom is -0.480 e. The summed E-state index contributed by atoms with van der Waals surface area (Å²) in [6.45, 7) is 0.581. The van der Waals surface area contributed by atoms with E-state index >= 15 is 0 Å². The molecular weight excluding hydrogens is 260 g/mol. The second-order valence-corrected chi connectivity index (χ2v) is 4.56. The highest BCUT2D eigenvalue weighted by molar-refractivity contribution is 9.10. The number of anilines is 1. The summed E-state index contributed by atoms with van der Waals surface area (Å²) in [4.78, 5) is 11.2. The number of carboxylic acid groups (broad SMARTS) is 1. The molecule has 1 aliphatic rings. The van der Waals surface area contributed by atoms with Gasteiger partial charge in [0.1, 0.15) is 5.54 Å². The Morgan fingerprint density at radius 3 is 3.00 bits per heavy atom. The van der Waals surface area contributed by atoms with Crippen molar-refractivity contribution in [3.8, 4) is 0 Å². The fraction of sp³-hybridized carbons (Fsp3) is 0.300. The molecule has 4 nitrogen and oxygen atoms in total. The number of hydrogen-bond donors (Lipinski definition) is 3. The number of carbonyl (C=O) groups is 1. The maximum Gasteiger partial charge on any atom is 0.328 e. The lowest BCUT2D eigenvalue weighted by Gasteiger charge is -2.32. The minimum absolute atomic E-state index is 0.395. The van der Waals surface area contributed by atoms with Gasteiger partial charge in [-0.05, 0) is 24.6 Å². The Bertz CT molecular complexity index is 422. The summed E-state index contributed by atoms with van der Waals surface area (Å²) < 4.78 is 0.834. The number of nitrogens with two attached hydrogens (primary N) is 1. The molecule has 0 spiro atoms. The zero-order chi connectivity index (χ0) is 11.1. The van der Waals surface area contributed by atoms with Crippen molar-refractivity contribution in [2.75, 3.05) is 11.9 Å². The minimum atomic E-state index is -1.27. The summed E-state index contributed by atoms with van der Waals surface area (Å²) in [6.07, 6.45) is 0.395. The third kappa shape index (κ3) is 1.61. The van der Waals surface area contributed by atoms with Gasteiger partial charge in [0.05, 0.1) is 0 Å². The molecule has 1 atom stereocenters. The van der Waals surface area contributed by atoms with E-state index in [0.717, 1.165) is 10.2 Å². The van der Waals surface area contributed by atoms with Gasteiger partial charge in [0, 0.05) is 22.3 Å². The third-order valence-corrected chi connectivity index (χ3v) is 3.17. The summed E-state index contributed by atoms with van der Waals surface area (Å²) in [5.74, 6) is -0.983. The van der Waals surface area contributed by atoms with Gasteiger partial charge in [-0.2, -0.15) is 0 Å². The molecule has 1 aromatic rings. The monoisotopic (exact) mass is 270 g/mol. The van der Waals surface area contributed by atoms with Gasteiger partial charge in [0.15, 0.2) is 0 Å². The normalized spacial score (nSPS) is 24.1. The number of rotatable bonds is 1. The third-order valence-electron chi connectivity index (χ3n) is 2.68. The van der Waals surface area contributed by atoms with E-state index in [1.165, 1.54) is 0 Å². The molecule has 0 amide bonds. The molecule has 15 heavy (non-hydrogen) atoms. The van der Waals surface area contributed by atoms with Crippen LogP contribution in [0.1, 0.15) is 12.0 Å². The molecule has 80 valence electrons. The van der Waals surface area contributed by atoms with Crippen molar-refractivity contribution in [3.05, 3.63) is 28.2 Å². The molecule has 4 N–H and O–H groups in total. The molecule has 0 fully saturated rings. The van der Waals surface area contributed by atoms with Crippen LogP contribution in [0.2, 0.25) is 0 Å². The van der Waals surface area contributed by atoms with Gasteiger partial charge in [0.2, 0.25) is 0 Å². The molecule has 0 radical (unpaired) electrons. The van der Waals surface area contributed by atoms with Crippen LogP contribution in [0, 0.1) is 0 Å². The second kappa shape index (κ2) is 3.50. The largest absolute Gasteiger partial charge is 0.480 e. The van der Waals surface area contributed by atoms with Crippen LogP contribution in [-0.4, -0.2) is 17.6 Å². The molecule has 1 heterocycles. The van der Waals surface area contributed by atoms with Crippen molar-refractivity contribution < 1.29 is 9.90 Å². The number of benzene rings is 1. The van der Waals surface area contributed by atoms with E-state index in [0.29, 0.717) is 18.5 Å². The summed E-state index contributed by atoms with van der Waals surface area (Å²) in [7, 11) is 0. The Hall–Kier alpha value is -1.07. The first-order valence-electron chi connectivity index (χ1n) is 4.60. The highest BCUT2D eigenvalue weighted by atomic mass is 79.9. The molecule has 0 saturated carbocycles. The summed E-state index contributed by atoms with van der Waals surface area (Å²) in [5.41, 5.74) is 6.08. The van der Waals surface area contributed by atoms with E-state index in [1.807, 2.05) is 12.1 Å². The molecule has 1 aliphatic heterocycles. The second-order valence-electron chi connectivity index (χ2n) is 3.64. The van der Waals surface area contributed by atoms with E-state index < -0.39 is 11.5 Å². The summed E-state index contributed by atoms with van der Waals surface area (Å²) in [6, 6.07) is 5.46. The first-order chi connectivity index (χ1) is 7.04. The topological polar surface area (TPSA) is 75.4 Å². The lowest BCUT2D eigenvalue weighted by Crippen LogP contribution is -2.48. The van der Waals surface area contributed by atoms with E-state index in [4.69, 9.17) is 10.8 Å². The SMILES string of the molecule is NC1(C(=O)O)CCNc2ccc(Br)cc21. The number of carboxylic acids is 1. The van der Waals surface area contributed by atoms with Crippen LogP contribution in [0.25, 0.3) is 0 Å².